The zero-order valence-electron chi connectivity index (χ0n) is 5.56. The highest BCUT2D eigenvalue weighted by molar-refractivity contribution is 4.95. The van der Waals surface area contributed by atoms with Crippen molar-refractivity contribution in [2.75, 3.05) is 13.2 Å². The first-order valence-corrected chi connectivity index (χ1v) is 3.46. The zero-order chi connectivity index (χ0) is 7.14. The molecule has 2 saturated heterocycles. The van der Waals surface area contributed by atoms with Gasteiger partial charge in [-0.15, -0.1) is 0 Å². The average Bonchev–Trinajstić information content (AvgIpc) is 2.41. The van der Waals surface area contributed by atoms with Crippen LogP contribution in [-0.2, 0) is 9.47 Å². The molecule has 10 heavy (non-hydrogen) atoms. The lowest BCUT2D eigenvalue weighted by molar-refractivity contribution is 0.0182. The number of ether oxygens (including phenoxy) is 2. The standard InChI is InChI=1S/C6H11NO3/c7-3-1-9-6-4(8)2-10-5(3)6/h3-6,8H,1-2,7H2/t3-,4+,5-,6-/m1/s1. The maximum atomic E-state index is 9.21. The van der Waals surface area contributed by atoms with Crippen molar-refractivity contribution >= 4 is 0 Å². The monoisotopic (exact) mass is 145 g/mol. The second-order valence-electron chi connectivity index (χ2n) is 2.83. The fourth-order valence-electron chi connectivity index (χ4n) is 1.51. The summed E-state index contributed by atoms with van der Waals surface area (Å²) in [5.74, 6) is 0. The molecule has 0 aliphatic carbocycles. The van der Waals surface area contributed by atoms with E-state index in [2.05, 4.69) is 0 Å². The Balaban J connectivity index is 2.09. The van der Waals surface area contributed by atoms with Gasteiger partial charge in [-0.2, -0.15) is 0 Å². The van der Waals surface area contributed by atoms with Crippen LogP contribution in [0.1, 0.15) is 0 Å². The smallest absolute Gasteiger partial charge is 0.113 e. The molecule has 0 aromatic heterocycles. The van der Waals surface area contributed by atoms with Crippen LogP contribution in [0.5, 0.6) is 0 Å². The van der Waals surface area contributed by atoms with Crippen LogP contribution in [-0.4, -0.2) is 42.7 Å². The van der Waals surface area contributed by atoms with Crippen molar-refractivity contribution in [3.63, 3.8) is 0 Å². The van der Waals surface area contributed by atoms with Crippen molar-refractivity contribution in [2.45, 2.75) is 24.4 Å². The van der Waals surface area contributed by atoms with Gasteiger partial charge in [-0.1, -0.05) is 0 Å². The predicted molar refractivity (Wildman–Crippen MR) is 33.5 cm³/mol. The summed E-state index contributed by atoms with van der Waals surface area (Å²) >= 11 is 0. The molecule has 2 aliphatic heterocycles. The maximum Gasteiger partial charge on any atom is 0.113 e. The van der Waals surface area contributed by atoms with E-state index in [0.29, 0.717) is 13.2 Å². The number of hydrogen-bond acceptors (Lipinski definition) is 4. The molecule has 4 atom stereocenters. The Kier molecular flexibility index (Phi) is 1.42. The van der Waals surface area contributed by atoms with E-state index >= 15 is 0 Å². The molecule has 58 valence electrons. The van der Waals surface area contributed by atoms with Crippen LogP contribution in [0.3, 0.4) is 0 Å². The molecule has 2 fully saturated rings. The first kappa shape index (κ1) is 6.54. The van der Waals surface area contributed by atoms with E-state index in [4.69, 9.17) is 15.2 Å². The lowest BCUT2D eigenvalue weighted by Crippen LogP contribution is -2.36. The highest BCUT2D eigenvalue weighted by atomic mass is 16.6. The minimum absolute atomic E-state index is 0.0536. The Labute approximate surface area is 58.9 Å². The van der Waals surface area contributed by atoms with E-state index in [0.717, 1.165) is 0 Å². The van der Waals surface area contributed by atoms with Crippen molar-refractivity contribution in [2.24, 2.45) is 5.73 Å². The lowest BCUT2D eigenvalue weighted by Gasteiger charge is -2.10. The zero-order valence-corrected chi connectivity index (χ0v) is 5.56. The van der Waals surface area contributed by atoms with Crippen LogP contribution in [0.2, 0.25) is 0 Å². The summed E-state index contributed by atoms with van der Waals surface area (Å²) in [6.45, 7) is 0.870. The second kappa shape index (κ2) is 2.17. The maximum absolute atomic E-state index is 9.21. The van der Waals surface area contributed by atoms with E-state index in [1.165, 1.54) is 0 Å². The van der Waals surface area contributed by atoms with Gasteiger partial charge in [0.2, 0.25) is 0 Å². The van der Waals surface area contributed by atoms with Crippen LogP contribution in [0, 0.1) is 0 Å². The first-order valence-electron chi connectivity index (χ1n) is 3.46. The molecule has 0 aromatic carbocycles. The van der Waals surface area contributed by atoms with Crippen molar-refractivity contribution in [1.82, 2.24) is 0 Å². The van der Waals surface area contributed by atoms with Crippen LogP contribution in [0.15, 0.2) is 0 Å². The average molecular weight is 145 g/mol. The molecule has 3 N–H and O–H groups in total. The van der Waals surface area contributed by atoms with Gasteiger partial charge >= 0.3 is 0 Å². The number of rotatable bonds is 0. The van der Waals surface area contributed by atoms with Crippen LogP contribution in [0.4, 0.5) is 0 Å². The number of aliphatic hydroxyl groups is 1. The fraction of sp³-hybridized carbons (Fsp3) is 1.00. The Bertz CT molecular complexity index is 125. The van der Waals surface area contributed by atoms with E-state index in [-0.39, 0.29) is 18.2 Å². The van der Waals surface area contributed by atoms with Gasteiger partial charge in [0.15, 0.2) is 0 Å². The minimum Gasteiger partial charge on any atom is -0.388 e. The van der Waals surface area contributed by atoms with Crippen molar-refractivity contribution in [3.05, 3.63) is 0 Å². The summed E-state index contributed by atoms with van der Waals surface area (Å²) in [6, 6.07) is -0.0536. The second-order valence-corrected chi connectivity index (χ2v) is 2.83. The molecule has 0 radical (unpaired) electrons. The summed E-state index contributed by atoms with van der Waals surface area (Å²) in [5.41, 5.74) is 5.62. The fourth-order valence-corrected chi connectivity index (χ4v) is 1.51. The Morgan fingerprint density at radius 1 is 1.20 bits per heavy atom. The predicted octanol–water partition coefficient (Wildman–Crippen LogP) is -1.53. The largest absolute Gasteiger partial charge is 0.388 e. The van der Waals surface area contributed by atoms with E-state index in [9.17, 15) is 5.11 Å². The Hall–Kier alpha value is -0.160. The Morgan fingerprint density at radius 2 is 1.90 bits per heavy atom. The number of fused-ring (bicyclic) bond motifs is 1. The molecule has 4 nitrogen and oxygen atoms in total. The van der Waals surface area contributed by atoms with Gasteiger partial charge in [0.1, 0.15) is 18.3 Å². The first-order chi connectivity index (χ1) is 4.79. The number of hydrogen-bond donors (Lipinski definition) is 2. The van der Waals surface area contributed by atoms with Crippen LogP contribution < -0.4 is 5.73 Å². The van der Waals surface area contributed by atoms with Crippen molar-refractivity contribution in [3.8, 4) is 0 Å². The van der Waals surface area contributed by atoms with Gasteiger partial charge < -0.3 is 20.3 Å². The molecule has 4 heteroatoms. The molecule has 2 heterocycles. The van der Waals surface area contributed by atoms with Gasteiger partial charge in [0.25, 0.3) is 0 Å². The molecule has 2 aliphatic rings. The lowest BCUT2D eigenvalue weighted by atomic mass is 10.1. The molecular weight excluding hydrogens is 134 g/mol. The molecule has 2 rings (SSSR count). The summed E-state index contributed by atoms with van der Waals surface area (Å²) < 4.78 is 10.4. The molecule has 0 saturated carbocycles. The summed E-state index contributed by atoms with van der Waals surface area (Å²) in [4.78, 5) is 0. The summed E-state index contributed by atoms with van der Waals surface area (Å²) in [5, 5.41) is 9.21. The topological polar surface area (TPSA) is 64.7 Å². The van der Waals surface area contributed by atoms with Gasteiger partial charge in [0.05, 0.1) is 19.3 Å². The van der Waals surface area contributed by atoms with Crippen molar-refractivity contribution in [1.29, 1.82) is 0 Å². The third-order valence-corrected chi connectivity index (χ3v) is 2.07. The molecule has 0 spiro atoms. The molecule has 0 aromatic rings. The minimum atomic E-state index is -0.474. The molecule has 0 bridgehead atoms. The SMILES string of the molecule is N[C@@H]1CO[C@H]2[C@@H]1OC[C@@H]2O. The van der Waals surface area contributed by atoms with Gasteiger partial charge in [-0.05, 0) is 0 Å². The van der Waals surface area contributed by atoms with Gasteiger partial charge in [0, 0.05) is 0 Å². The quantitative estimate of drug-likeness (QED) is 0.434. The van der Waals surface area contributed by atoms with Crippen LogP contribution in [0.25, 0.3) is 0 Å². The van der Waals surface area contributed by atoms with Crippen molar-refractivity contribution < 1.29 is 14.6 Å². The van der Waals surface area contributed by atoms with Crippen LogP contribution >= 0.6 is 0 Å². The molecular formula is C6H11NO3. The highest BCUT2D eigenvalue weighted by Gasteiger charge is 2.45. The normalized spacial score (nSPS) is 53.4. The van der Waals surface area contributed by atoms with E-state index in [1.807, 2.05) is 0 Å². The number of nitrogens with two attached hydrogens (primary N) is 1. The van der Waals surface area contributed by atoms with E-state index < -0.39 is 6.10 Å². The van der Waals surface area contributed by atoms with E-state index in [1.54, 1.807) is 0 Å². The Morgan fingerprint density at radius 3 is 2.60 bits per heavy atom. The van der Waals surface area contributed by atoms with Gasteiger partial charge in [-0.25, -0.2) is 0 Å². The third kappa shape index (κ3) is 0.769. The number of aliphatic hydroxyl groups excluding tert-OH is 1. The summed E-state index contributed by atoms with van der Waals surface area (Å²) in [6.07, 6.45) is -0.719. The summed E-state index contributed by atoms with van der Waals surface area (Å²) in [7, 11) is 0. The highest BCUT2D eigenvalue weighted by Crippen LogP contribution is 2.25. The molecule has 0 unspecified atom stereocenters. The molecule has 0 amide bonds. The third-order valence-electron chi connectivity index (χ3n) is 2.07. The van der Waals surface area contributed by atoms with Gasteiger partial charge in [-0.3, -0.25) is 0 Å².